The highest BCUT2D eigenvalue weighted by Gasteiger charge is 2.38. The average Bonchev–Trinajstić information content (AvgIpc) is 0.817. The van der Waals surface area contributed by atoms with Gasteiger partial charge in [0.05, 0.1) is 19.8 Å². The van der Waals surface area contributed by atoms with Gasteiger partial charge in [-0.3, -0.25) is 24.0 Å². The number of thioether (sulfide) groups is 4. The van der Waals surface area contributed by atoms with E-state index < -0.39 is 0 Å². The van der Waals surface area contributed by atoms with Gasteiger partial charge < -0.3 is 35.1 Å². The Morgan fingerprint density at radius 2 is 0.559 bits per heavy atom. The Labute approximate surface area is 749 Å². The van der Waals surface area contributed by atoms with Gasteiger partial charge >= 0.3 is 5.97 Å². The molecule has 1 aliphatic carbocycles. The van der Waals surface area contributed by atoms with Gasteiger partial charge in [-0.25, -0.2) is 0 Å². The predicted molar refractivity (Wildman–Crippen MR) is 522 cm³/mol. The third-order valence-electron chi connectivity index (χ3n) is 24.1. The number of hydrogen-bond acceptors (Lipinski definition) is 14. The first-order valence-electron chi connectivity index (χ1n) is 51.2. The van der Waals surface area contributed by atoms with Crippen LogP contribution in [0.2, 0.25) is 0 Å². The van der Waals surface area contributed by atoms with E-state index in [1.54, 1.807) is 14.0 Å². The van der Waals surface area contributed by atoms with Crippen molar-refractivity contribution in [1.29, 1.82) is 0 Å². The molecule has 0 bridgehead atoms. The molecular weight excluding hydrogens is 1540 g/mol. The molecule has 700 valence electrons. The van der Waals surface area contributed by atoms with Gasteiger partial charge in [0.15, 0.2) is 0 Å². The summed E-state index contributed by atoms with van der Waals surface area (Å²) in [4.78, 5) is 71.2. The van der Waals surface area contributed by atoms with E-state index in [9.17, 15) is 28.8 Å². The number of unbranched alkanes of at least 4 members (excludes halogenated alkanes) is 47. The van der Waals surface area contributed by atoms with E-state index in [0.717, 1.165) is 176 Å². The monoisotopic (exact) mass is 1740 g/mol. The zero-order valence-electron chi connectivity index (χ0n) is 78.9. The first kappa shape index (κ1) is 119. The van der Waals surface area contributed by atoms with Crippen LogP contribution in [0.4, 0.5) is 0 Å². The maximum Gasteiger partial charge on any atom is 0.305 e. The fraction of sp³-hybridized carbons (Fsp3) is 0.941. The summed E-state index contributed by atoms with van der Waals surface area (Å²) in [5.74, 6) is 14.0. The largest absolute Gasteiger partial charge is 0.465 e. The summed E-state index contributed by atoms with van der Waals surface area (Å²) in [7, 11) is 1.76. The zero-order valence-corrected chi connectivity index (χ0v) is 82.2. The van der Waals surface area contributed by atoms with Gasteiger partial charge in [-0.1, -0.05) is 323 Å². The van der Waals surface area contributed by atoms with Crippen LogP contribution in [0.1, 0.15) is 497 Å². The lowest BCUT2D eigenvalue weighted by atomic mass is 9.61. The standard InChI is InChI=1S/C43H82O3S.C31H61NO4S2.C28H55NO3S/c1-5-8-11-16-24-30-41-39(28-21-9-6-2)33-34-40(29-23-18-13-12-17-22-27-38(4)44)42(41)31-25-19-14-15-20-26-32-43(45)46-35-37-47-36-10-7-3;33-24-28-37-26-18-11-7-3-1-5-9-14-20-30(35)21-15-13-17-23-32-31(36)22-16-10-6-2-4-8-12-19-27-38-29-25-34;1-3-4-5-6-11-15-20-27(30)21-16-14-18-23-29-28(31)22-17-12-9-7-8-10-13-19-25-33-26-24-32-2/h39-42H,5-37H2,1-4H3;33-34H,1-29H2,(H,32,36);3-26H2,1-2H3,(H,29,31). The molecule has 4 N–H and O–H groups in total. The van der Waals surface area contributed by atoms with Crippen molar-refractivity contribution in [3.63, 3.8) is 0 Å². The smallest absolute Gasteiger partial charge is 0.305 e. The highest BCUT2D eigenvalue weighted by Crippen LogP contribution is 2.48. The number of hydrogen-bond donors (Lipinski definition) is 4. The second-order valence-corrected chi connectivity index (χ2v) is 40.2. The van der Waals surface area contributed by atoms with E-state index in [4.69, 9.17) is 19.7 Å². The van der Waals surface area contributed by atoms with Crippen LogP contribution in [0.5, 0.6) is 0 Å². The van der Waals surface area contributed by atoms with E-state index in [1.165, 1.54) is 350 Å². The number of ketones is 3. The van der Waals surface area contributed by atoms with Gasteiger partial charge in [-0.05, 0) is 169 Å². The molecule has 4 unspecified atom stereocenters. The van der Waals surface area contributed by atoms with Crippen LogP contribution in [0.3, 0.4) is 0 Å². The minimum Gasteiger partial charge on any atom is -0.465 e. The summed E-state index contributed by atoms with van der Waals surface area (Å²) in [6.45, 7) is 14.4. The van der Waals surface area contributed by atoms with E-state index in [1.807, 2.05) is 47.0 Å². The van der Waals surface area contributed by atoms with Gasteiger partial charge in [-0.2, -0.15) is 47.0 Å². The molecule has 12 nitrogen and oxygen atoms in total. The Hall–Kier alpha value is -1.30. The van der Waals surface area contributed by atoms with Crippen LogP contribution >= 0.6 is 47.0 Å². The van der Waals surface area contributed by atoms with Crippen molar-refractivity contribution in [3.05, 3.63) is 0 Å². The van der Waals surface area contributed by atoms with Gasteiger partial charge in [0.2, 0.25) is 11.8 Å². The van der Waals surface area contributed by atoms with Crippen molar-refractivity contribution in [2.24, 2.45) is 23.7 Å². The molecular formula is C102H198N2O10S4. The molecule has 0 radical (unpaired) electrons. The van der Waals surface area contributed by atoms with Crippen LogP contribution < -0.4 is 10.6 Å². The maximum absolute atomic E-state index is 12.1. The number of rotatable bonds is 93. The number of ether oxygens (including phenoxy) is 2. The van der Waals surface area contributed by atoms with Crippen LogP contribution in [0.25, 0.3) is 0 Å². The number of Topliss-reactive ketones (excluding diaryl/α,β-unsaturated/α-hetero) is 3. The maximum atomic E-state index is 12.1. The summed E-state index contributed by atoms with van der Waals surface area (Å²) in [6.07, 6.45) is 86.7. The quantitative estimate of drug-likeness (QED) is 0.0333. The van der Waals surface area contributed by atoms with Gasteiger partial charge in [0.25, 0.3) is 0 Å². The average molecular weight is 1740 g/mol. The summed E-state index contributed by atoms with van der Waals surface area (Å²) < 4.78 is 10.5. The Bertz CT molecular complexity index is 2050. The highest BCUT2D eigenvalue weighted by molar-refractivity contribution is 7.99. The van der Waals surface area contributed by atoms with Gasteiger partial charge in [-0.15, -0.1) is 0 Å². The number of methoxy groups -OCH3 is 1. The Morgan fingerprint density at radius 3 is 0.915 bits per heavy atom. The summed E-state index contributed by atoms with van der Waals surface area (Å²) >= 11 is 7.59. The number of amides is 2. The van der Waals surface area contributed by atoms with E-state index in [2.05, 4.69) is 38.3 Å². The fourth-order valence-electron chi connectivity index (χ4n) is 16.8. The molecule has 2 amide bonds. The Morgan fingerprint density at radius 1 is 0.288 bits per heavy atom. The minimum atomic E-state index is 0.00615. The molecule has 16 heteroatoms. The molecule has 0 aromatic rings. The Balaban J connectivity index is 0. The van der Waals surface area contributed by atoms with Crippen LogP contribution in [0, 0.1) is 23.7 Å². The van der Waals surface area contributed by atoms with E-state index >= 15 is 0 Å². The number of carbonyl (C=O) groups excluding carboxylic acids is 6. The lowest BCUT2D eigenvalue weighted by Gasteiger charge is -2.44. The van der Waals surface area contributed by atoms with Crippen molar-refractivity contribution in [2.75, 3.05) is 92.6 Å². The molecule has 0 aliphatic heterocycles. The number of aliphatic hydroxyl groups is 2. The number of esters is 1. The summed E-state index contributed by atoms with van der Waals surface area (Å²) in [6, 6.07) is 0. The second-order valence-electron chi connectivity index (χ2n) is 35.3. The first-order chi connectivity index (χ1) is 57.9. The van der Waals surface area contributed by atoms with Crippen molar-refractivity contribution in [2.45, 2.75) is 497 Å². The Kier molecular flexibility index (Phi) is 102. The fourth-order valence-corrected chi connectivity index (χ4v) is 20.1. The molecule has 0 spiro atoms. The molecule has 0 heterocycles. The van der Waals surface area contributed by atoms with Crippen LogP contribution in [0.15, 0.2) is 0 Å². The van der Waals surface area contributed by atoms with Crippen LogP contribution in [-0.2, 0) is 38.2 Å². The van der Waals surface area contributed by atoms with Crippen molar-refractivity contribution >= 4 is 82.2 Å². The normalized spacial score (nSPS) is 14.5. The highest BCUT2D eigenvalue weighted by atomic mass is 32.2. The molecule has 0 aromatic carbocycles. The number of carbonyl (C=O) groups is 6. The first-order valence-corrected chi connectivity index (χ1v) is 55.8. The molecule has 1 fully saturated rings. The summed E-state index contributed by atoms with van der Waals surface area (Å²) in [5.41, 5.74) is 0. The lowest BCUT2D eigenvalue weighted by molar-refractivity contribution is -0.143. The third kappa shape index (κ3) is 92.4. The molecule has 1 saturated carbocycles. The van der Waals surface area contributed by atoms with Crippen molar-refractivity contribution in [1.82, 2.24) is 10.6 Å². The topological polar surface area (TPSA) is 185 Å². The number of nitrogens with one attached hydrogen (secondary N) is 2. The number of aliphatic hydroxyl groups excluding tert-OH is 2. The van der Waals surface area contributed by atoms with Gasteiger partial charge in [0.1, 0.15) is 24.0 Å². The predicted octanol–water partition coefficient (Wildman–Crippen LogP) is 29.7. The molecule has 0 aromatic heterocycles. The van der Waals surface area contributed by atoms with E-state index in [-0.39, 0.29) is 17.8 Å². The van der Waals surface area contributed by atoms with Gasteiger partial charge in [0, 0.05) is 94.6 Å². The minimum absolute atomic E-state index is 0.00615. The van der Waals surface area contributed by atoms with Crippen molar-refractivity contribution < 1.29 is 48.5 Å². The third-order valence-corrected chi connectivity index (χ3v) is 28.3. The molecule has 1 rings (SSSR count). The summed E-state index contributed by atoms with van der Waals surface area (Å²) in [5, 5.41) is 23.6. The lowest BCUT2D eigenvalue weighted by Crippen LogP contribution is -2.35. The molecule has 4 atom stereocenters. The molecule has 0 saturated heterocycles. The van der Waals surface area contributed by atoms with E-state index in [0.29, 0.717) is 62.9 Å². The SMILES string of the molecule is CCCCCCCC1C(CCCCC)CCC(CCCCCCCCC(C)=O)C1CCCCCCCCC(=O)OCCSCCCC.CCCCCCCCC(=O)CCCCCNC(=O)CCCCCCCCCCSCCOC.O=C(CCCCCCCCCCSCCO)CCCCCNC(=O)CCCCCCCCCCSCCO. The second kappa shape index (κ2) is 101. The van der Waals surface area contributed by atoms with Crippen molar-refractivity contribution in [3.8, 4) is 0 Å². The molecule has 118 heavy (non-hydrogen) atoms. The molecule has 1 aliphatic rings. The zero-order chi connectivity index (χ0) is 86.2. The van der Waals surface area contributed by atoms with Crippen LogP contribution in [-0.4, -0.2) is 138 Å².